The summed E-state index contributed by atoms with van der Waals surface area (Å²) in [4.78, 5) is 10.9. The Balaban J connectivity index is 3.00. The molecule has 1 heterocycles. The maximum absolute atomic E-state index is 10.9. The lowest BCUT2D eigenvalue weighted by Crippen LogP contribution is -2.48. The molecule has 2 N–H and O–H groups in total. The number of hydrogen-bond donors (Lipinski definition) is 2. The van der Waals surface area contributed by atoms with Crippen molar-refractivity contribution in [3.8, 4) is 0 Å². The summed E-state index contributed by atoms with van der Waals surface area (Å²) in [5, 5.41) is 19.9. The predicted octanol–water partition coefficient (Wildman–Crippen LogP) is 1.34. The standard InChI is InChI=1S/C9H17NO3/c1-8(2)5-6(7(11)12)9(3,4)10(8)13/h6,13H,5H2,1-4H3,(H,11,12)/t6-/m1/s1. The van der Waals surface area contributed by atoms with Gasteiger partial charge in [-0.15, -0.1) is 0 Å². The first kappa shape index (κ1) is 10.5. The molecule has 0 aromatic carbocycles. The monoisotopic (exact) mass is 187 g/mol. The second-order valence-electron chi connectivity index (χ2n) is 4.87. The van der Waals surface area contributed by atoms with E-state index in [0.29, 0.717) is 6.42 Å². The van der Waals surface area contributed by atoms with Crippen LogP contribution in [0.2, 0.25) is 0 Å². The van der Waals surface area contributed by atoms with Crippen LogP contribution in [-0.4, -0.2) is 32.4 Å². The fourth-order valence-electron chi connectivity index (χ4n) is 2.15. The first-order valence-electron chi connectivity index (χ1n) is 4.41. The average Bonchev–Trinajstić information content (AvgIpc) is 2.11. The molecule has 1 fully saturated rings. The minimum absolute atomic E-state index is 0.452. The van der Waals surface area contributed by atoms with Crippen LogP contribution in [0.4, 0.5) is 0 Å². The minimum Gasteiger partial charge on any atom is -0.481 e. The van der Waals surface area contributed by atoms with Gasteiger partial charge in [0.05, 0.1) is 11.5 Å². The van der Waals surface area contributed by atoms with Gasteiger partial charge < -0.3 is 10.3 Å². The molecule has 1 atom stereocenters. The van der Waals surface area contributed by atoms with Gasteiger partial charge in [-0.3, -0.25) is 4.79 Å². The smallest absolute Gasteiger partial charge is 0.308 e. The Labute approximate surface area is 78.1 Å². The van der Waals surface area contributed by atoms with Crippen molar-refractivity contribution in [3.05, 3.63) is 0 Å². The predicted molar refractivity (Wildman–Crippen MR) is 47.5 cm³/mol. The fourth-order valence-corrected chi connectivity index (χ4v) is 2.15. The molecule has 4 nitrogen and oxygen atoms in total. The highest BCUT2D eigenvalue weighted by Gasteiger charge is 2.54. The van der Waals surface area contributed by atoms with E-state index in [-0.39, 0.29) is 0 Å². The van der Waals surface area contributed by atoms with E-state index in [9.17, 15) is 10.0 Å². The molecule has 0 amide bonds. The van der Waals surface area contributed by atoms with Gasteiger partial charge in [-0.25, -0.2) is 0 Å². The summed E-state index contributed by atoms with van der Waals surface area (Å²) in [6.07, 6.45) is 0.478. The van der Waals surface area contributed by atoms with Crippen LogP contribution in [-0.2, 0) is 4.79 Å². The topological polar surface area (TPSA) is 60.8 Å². The summed E-state index contributed by atoms with van der Waals surface area (Å²) in [5.74, 6) is -1.35. The molecular formula is C9H17NO3. The Bertz CT molecular complexity index is 235. The summed E-state index contributed by atoms with van der Waals surface area (Å²) in [5.41, 5.74) is -1.14. The zero-order valence-corrected chi connectivity index (χ0v) is 8.53. The third kappa shape index (κ3) is 1.44. The molecule has 0 spiro atoms. The van der Waals surface area contributed by atoms with Crippen molar-refractivity contribution in [1.82, 2.24) is 5.06 Å². The second-order valence-corrected chi connectivity index (χ2v) is 4.87. The van der Waals surface area contributed by atoms with E-state index in [0.717, 1.165) is 0 Å². The zero-order valence-electron chi connectivity index (χ0n) is 8.53. The minimum atomic E-state index is -0.838. The quantitative estimate of drug-likeness (QED) is 0.650. The van der Waals surface area contributed by atoms with Crippen LogP contribution in [0.1, 0.15) is 34.1 Å². The number of carbonyl (C=O) groups is 1. The third-order valence-corrected chi connectivity index (χ3v) is 2.97. The van der Waals surface area contributed by atoms with E-state index in [1.807, 2.05) is 13.8 Å². The molecule has 0 radical (unpaired) electrons. The molecule has 0 aromatic rings. The van der Waals surface area contributed by atoms with E-state index in [1.165, 1.54) is 5.06 Å². The van der Waals surface area contributed by atoms with Crippen LogP contribution in [0.15, 0.2) is 0 Å². The molecule has 0 unspecified atom stereocenters. The zero-order chi connectivity index (χ0) is 10.4. The van der Waals surface area contributed by atoms with Crippen LogP contribution in [0.25, 0.3) is 0 Å². The lowest BCUT2D eigenvalue weighted by molar-refractivity contribution is -0.199. The van der Waals surface area contributed by atoms with Gasteiger partial charge in [0, 0.05) is 5.54 Å². The summed E-state index contributed by atoms with van der Waals surface area (Å²) in [6.45, 7) is 7.19. The van der Waals surface area contributed by atoms with Gasteiger partial charge in [0.1, 0.15) is 0 Å². The average molecular weight is 187 g/mol. The Hall–Kier alpha value is -0.610. The number of carboxylic acid groups (broad SMARTS) is 1. The van der Waals surface area contributed by atoms with Crippen LogP contribution < -0.4 is 0 Å². The fraction of sp³-hybridized carbons (Fsp3) is 0.889. The molecule has 1 rings (SSSR count). The molecule has 0 bridgehead atoms. The lowest BCUT2D eigenvalue weighted by Gasteiger charge is -2.34. The van der Waals surface area contributed by atoms with Crippen molar-refractivity contribution in [3.63, 3.8) is 0 Å². The SMILES string of the molecule is CC1(C)C[C@H](C(=O)O)C(C)(C)N1O. The summed E-state index contributed by atoms with van der Waals surface area (Å²) < 4.78 is 0. The van der Waals surface area contributed by atoms with Crippen LogP contribution in [0.5, 0.6) is 0 Å². The van der Waals surface area contributed by atoms with E-state index in [1.54, 1.807) is 13.8 Å². The number of nitrogens with zero attached hydrogens (tertiary/aromatic N) is 1. The molecule has 0 aromatic heterocycles. The number of hydroxylamine groups is 2. The van der Waals surface area contributed by atoms with Crippen LogP contribution >= 0.6 is 0 Å². The molecule has 0 saturated carbocycles. The van der Waals surface area contributed by atoms with E-state index < -0.39 is 23.0 Å². The van der Waals surface area contributed by atoms with Crippen molar-refractivity contribution in [2.24, 2.45) is 5.92 Å². The molecule has 1 aliphatic rings. The largest absolute Gasteiger partial charge is 0.481 e. The summed E-state index contributed by atoms with van der Waals surface area (Å²) in [7, 11) is 0. The molecule has 76 valence electrons. The van der Waals surface area contributed by atoms with Gasteiger partial charge in [0.25, 0.3) is 0 Å². The number of rotatable bonds is 1. The molecule has 13 heavy (non-hydrogen) atoms. The normalized spacial score (nSPS) is 31.9. The third-order valence-electron chi connectivity index (χ3n) is 2.97. The molecule has 4 heteroatoms. The van der Waals surface area contributed by atoms with Gasteiger partial charge in [-0.05, 0) is 34.1 Å². The highest BCUT2D eigenvalue weighted by atomic mass is 16.5. The van der Waals surface area contributed by atoms with Crippen molar-refractivity contribution in [2.45, 2.75) is 45.2 Å². The molecule has 0 aliphatic carbocycles. The Morgan fingerprint density at radius 1 is 1.38 bits per heavy atom. The lowest BCUT2D eigenvalue weighted by atomic mass is 9.87. The van der Waals surface area contributed by atoms with Crippen molar-refractivity contribution >= 4 is 5.97 Å². The van der Waals surface area contributed by atoms with Crippen molar-refractivity contribution in [1.29, 1.82) is 0 Å². The van der Waals surface area contributed by atoms with Crippen molar-refractivity contribution < 1.29 is 15.1 Å². The van der Waals surface area contributed by atoms with E-state index >= 15 is 0 Å². The Morgan fingerprint density at radius 2 is 1.85 bits per heavy atom. The van der Waals surface area contributed by atoms with Gasteiger partial charge in [-0.1, -0.05) is 0 Å². The maximum atomic E-state index is 10.9. The highest BCUT2D eigenvalue weighted by Crippen LogP contribution is 2.43. The maximum Gasteiger partial charge on any atom is 0.308 e. The Morgan fingerprint density at radius 3 is 2.00 bits per heavy atom. The summed E-state index contributed by atoms with van der Waals surface area (Å²) in [6, 6.07) is 0. The summed E-state index contributed by atoms with van der Waals surface area (Å²) >= 11 is 0. The Kier molecular flexibility index (Phi) is 2.16. The molecule has 1 aliphatic heterocycles. The number of hydrogen-bond acceptors (Lipinski definition) is 3. The van der Waals surface area contributed by atoms with Gasteiger partial charge >= 0.3 is 5.97 Å². The van der Waals surface area contributed by atoms with Gasteiger partial charge in [-0.2, -0.15) is 5.06 Å². The van der Waals surface area contributed by atoms with E-state index in [2.05, 4.69) is 0 Å². The first-order valence-corrected chi connectivity index (χ1v) is 4.41. The van der Waals surface area contributed by atoms with Crippen molar-refractivity contribution in [2.75, 3.05) is 0 Å². The first-order chi connectivity index (χ1) is 5.69. The second kappa shape index (κ2) is 2.69. The molecule has 1 saturated heterocycles. The van der Waals surface area contributed by atoms with Crippen LogP contribution in [0, 0.1) is 5.92 Å². The highest BCUT2D eigenvalue weighted by molar-refractivity contribution is 5.72. The molecular weight excluding hydrogens is 170 g/mol. The number of carboxylic acids is 1. The van der Waals surface area contributed by atoms with Gasteiger partial charge in [0.15, 0.2) is 0 Å². The van der Waals surface area contributed by atoms with Crippen LogP contribution in [0.3, 0.4) is 0 Å². The van der Waals surface area contributed by atoms with Gasteiger partial charge in [0.2, 0.25) is 0 Å². The van der Waals surface area contributed by atoms with E-state index in [4.69, 9.17) is 5.11 Å². The number of aliphatic carboxylic acids is 1.